The van der Waals surface area contributed by atoms with Crippen molar-refractivity contribution >= 4 is 31.9 Å². The van der Waals surface area contributed by atoms with E-state index in [-0.39, 0.29) is 17.7 Å². The summed E-state index contributed by atoms with van der Waals surface area (Å²) in [5.41, 5.74) is 1.65. The van der Waals surface area contributed by atoms with Crippen molar-refractivity contribution in [2.45, 2.75) is 38.1 Å². The monoisotopic (exact) mass is 438 g/mol. The fourth-order valence-corrected chi connectivity index (χ4v) is 4.20. The molecule has 0 aliphatic carbocycles. The van der Waals surface area contributed by atoms with E-state index in [1.54, 1.807) is 31.2 Å². The lowest BCUT2D eigenvalue weighted by atomic mass is 10.0. The molecule has 2 aromatic rings. The van der Waals surface area contributed by atoms with Gasteiger partial charge in [0.05, 0.1) is 17.8 Å². The Morgan fingerprint density at radius 3 is 2.27 bits per heavy atom. The predicted molar refractivity (Wildman–Crippen MR) is 107 cm³/mol. The van der Waals surface area contributed by atoms with E-state index in [1.165, 1.54) is 0 Å². The smallest absolute Gasteiger partial charge is 0.238 e. The summed E-state index contributed by atoms with van der Waals surface area (Å²) >= 11 is 3.39. The zero-order valence-electron chi connectivity index (χ0n) is 14.8. The molecule has 2 atom stereocenters. The zero-order chi connectivity index (χ0) is 19.2. The molecular formula is C19H23BrN2O3S. The molecule has 26 heavy (non-hydrogen) atoms. The maximum atomic E-state index is 12.4. The minimum atomic E-state index is -3.61. The molecule has 1 amide bonds. The topological polar surface area (TPSA) is 75.3 Å². The maximum Gasteiger partial charge on any atom is 0.238 e. The Morgan fingerprint density at radius 2 is 1.69 bits per heavy atom. The molecule has 0 fully saturated rings. The first-order valence-corrected chi connectivity index (χ1v) is 10.8. The summed E-state index contributed by atoms with van der Waals surface area (Å²) in [7, 11) is -3.61. The summed E-state index contributed by atoms with van der Waals surface area (Å²) < 4.78 is 28.0. The Morgan fingerprint density at radius 1 is 1.08 bits per heavy atom. The Bertz CT molecular complexity index is 824. The van der Waals surface area contributed by atoms with Gasteiger partial charge >= 0.3 is 0 Å². The molecule has 0 bridgehead atoms. The zero-order valence-corrected chi connectivity index (χ0v) is 17.2. The van der Waals surface area contributed by atoms with Crippen molar-refractivity contribution < 1.29 is 13.2 Å². The van der Waals surface area contributed by atoms with Crippen molar-refractivity contribution in [2.24, 2.45) is 0 Å². The standard InChI is InChI=1S/C19H23BrN2O3S/c1-3-18(16-9-11-17(20)12-10-16)21-19(23)14(2)22-26(24,25)13-15-7-5-4-6-8-15/h4-12,14,18,22H,3,13H2,1-2H3,(H,21,23)/t14-,18+/m1/s1. The molecule has 5 nitrogen and oxygen atoms in total. The van der Waals surface area contributed by atoms with Gasteiger partial charge in [-0.15, -0.1) is 0 Å². The van der Waals surface area contributed by atoms with Crippen LogP contribution in [-0.2, 0) is 20.6 Å². The molecule has 0 spiro atoms. The molecule has 0 aliphatic heterocycles. The van der Waals surface area contributed by atoms with Gasteiger partial charge < -0.3 is 5.32 Å². The van der Waals surface area contributed by atoms with Crippen LogP contribution in [0.2, 0.25) is 0 Å². The van der Waals surface area contributed by atoms with Crippen molar-refractivity contribution in [3.63, 3.8) is 0 Å². The number of amides is 1. The number of hydrogen-bond donors (Lipinski definition) is 2. The largest absolute Gasteiger partial charge is 0.348 e. The van der Waals surface area contributed by atoms with Gasteiger partial charge in [0.1, 0.15) is 0 Å². The van der Waals surface area contributed by atoms with E-state index in [0.29, 0.717) is 12.0 Å². The average Bonchev–Trinajstić information content (AvgIpc) is 2.60. The number of halogens is 1. The SMILES string of the molecule is CC[C@H](NC(=O)[C@@H](C)NS(=O)(=O)Cc1ccccc1)c1ccc(Br)cc1. The summed E-state index contributed by atoms with van der Waals surface area (Å²) in [5, 5.41) is 2.91. The first kappa shape index (κ1) is 20.6. The molecular weight excluding hydrogens is 416 g/mol. The number of sulfonamides is 1. The van der Waals surface area contributed by atoms with Crippen LogP contribution in [0.4, 0.5) is 0 Å². The third-order valence-electron chi connectivity index (χ3n) is 3.95. The average molecular weight is 439 g/mol. The molecule has 0 radical (unpaired) electrons. The summed E-state index contributed by atoms with van der Waals surface area (Å²) in [6.45, 7) is 3.52. The number of hydrogen-bond acceptors (Lipinski definition) is 3. The maximum absolute atomic E-state index is 12.4. The Labute approximate surface area is 163 Å². The molecule has 0 unspecified atom stereocenters. The van der Waals surface area contributed by atoms with Crippen LogP contribution in [0.25, 0.3) is 0 Å². The van der Waals surface area contributed by atoms with Gasteiger partial charge in [0.2, 0.25) is 15.9 Å². The Balaban J connectivity index is 1.98. The third kappa shape index (κ3) is 6.23. The van der Waals surface area contributed by atoms with E-state index in [9.17, 15) is 13.2 Å². The third-order valence-corrected chi connectivity index (χ3v) is 5.90. The fraction of sp³-hybridized carbons (Fsp3) is 0.316. The second kappa shape index (κ2) is 9.30. The van der Waals surface area contributed by atoms with E-state index in [1.807, 2.05) is 37.3 Å². The van der Waals surface area contributed by atoms with E-state index < -0.39 is 16.1 Å². The number of benzene rings is 2. The van der Waals surface area contributed by atoms with Crippen LogP contribution in [0.5, 0.6) is 0 Å². The minimum absolute atomic E-state index is 0.157. The lowest BCUT2D eigenvalue weighted by Crippen LogP contribution is -2.46. The van der Waals surface area contributed by atoms with E-state index in [4.69, 9.17) is 0 Å². The first-order chi connectivity index (χ1) is 12.3. The highest BCUT2D eigenvalue weighted by Gasteiger charge is 2.22. The van der Waals surface area contributed by atoms with Crippen LogP contribution in [0.15, 0.2) is 59.1 Å². The molecule has 2 N–H and O–H groups in total. The number of nitrogens with one attached hydrogen (secondary N) is 2. The Kier molecular flexibility index (Phi) is 7.37. The number of carbonyl (C=O) groups is 1. The molecule has 0 saturated carbocycles. The van der Waals surface area contributed by atoms with Crippen LogP contribution in [0, 0.1) is 0 Å². The summed E-state index contributed by atoms with van der Waals surface area (Å²) in [6, 6.07) is 15.5. The highest BCUT2D eigenvalue weighted by molar-refractivity contribution is 9.10. The molecule has 2 rings (SSSR count). The molecule has 0 aromatic heterocycles. The van der Waals surface area contributed by atoms with Crippen molar-refractivity contribution in [3.8, 4) is 0 Å². The van der Waals surface area contributed by atoms with Gasteiger partial charge in [0.15, 0.2) is 0 Å². The van der Waals surface area contributed by atoms with Gasteiger partial charge in [0.25, 0.3) is 0 Å². The molecule has 0 heterocycles. The van der Waals surface area contributed by atoms with Crippen molar-refractivity contribution in [2.75, 3.05) is 0 Å². The number of rotatable bonds is 8. The van der Waals surface area contributed by atoms with Gasteiger partial charge in [-0.05, 0) is 36.6 Å². The molecule has 0 saturated heterocycles. The second-order valence-corrected chi connectivity index (χ2v) is 8.77. The van der Waals surface area contributed by atoms with Gasteiger partial charge in [-0.25, -0.2) is 13.1 Å². The minimum Gasteiger partial charge on any atom is -0.348 e. The normalized spacial score (nSPS) is 13.8. The van der Waals surface area contributed by atoms with E-state index in [0.717, 1.165) is 10.0 Å². The second-order valence-electron chi connectivity index (χ2n) is 6.11. The molecule has 2 aromatic carbocycles. The van der Waals surface area contributed by atoms with Crippen LogP contribution in [0.1, 0.15) is 37.4 Å². The van der Waals surface area contributed by atoms with E-state index >= 15 is 0 Å². The lowest BCUT2D eigenvalue weighted by molar-refractivity contribution is -0.123. The van der Waals surface area contributed by atoms with Crippen LogP contribution >= 0.6 is 15.9 Å². The van der Waals surface area contributed by atoms with Crippen molar-refractivity contribution in [1.29, 1.82) is 0 Å². The van der Waals surface area contributed by atoms with Gasteiger partial charge in [-0.3, -0.25) is 4.79 Å². The van der Waals surface area contributed by atoms with Crippen molar-refractivity contribution in [1.82, 2.24) is 10.0 Å². The molecule has 0 aliphatic rings. The van der Waals surface area contributed by atoms with Crippen LogP contribution in [-0.4, -0.2) is 20.4 Å². The summed E-state index contributed by atoms with van der Waals surface area (Å²) in [6.07, 6.45) is 0.705. The van der Waals surface area contributed by atoms with Gasteiger partial charge in [-0.1, -0.05) is 65.3 Å². The van der Waals surface area contributed by atoms with Crippen LogP contribution in [0.3, 0.4) is 0 Å². The highest BCUT2D eigenvalue weighted by Crippen LogP contribution is 2.19. The van der Waals surface area contributed by atoms with E-state index in [2.05, 4.69) is 26.0 Å². The molecule has 140 valence electrons. The molecule has 7 heteroatoms. The van der Waals surface area contributed by atoms with Gasteiger partial charge in [0, 0.05) is 4.47 Å². The predicted octanol–water partition coefficient (Wildman–Crippen LogP) is 3.52. The number of carbonyl (C=O) groups excluding carboxylic acids is 1. The summed E-state index contributed by atoms with van der Waals surface area (Å²) in [4.78, 5) is 12.4. The van der Waals surface area contributed by atoms with Crippen LogP contribution < -0.4 is 10.0 Å². The highest BCUT2D eigenvalue weighted by atomic mass is 79.9. The lowest BCUT2D eigenvalue weighted by Gasteiger charge is -2.21. The fourth-order valence-electron chi connectivity index (χ4n) is 2.57. The van der Waals surface area contributed by atoms with Gasteiger partial charge in [-0.2, -0.15) is 0 Å². The van der Waals surface area contributed by atoms with Crippen molar-refractivity contribution in [3.05, 3.63) is 70.2 Å². The first-order valence-electron chi connectivity index (χ1n) is 8.40. The Hall–Kier alpha value is -1.70. The summed E-state index contributed by atoms with van der Waals surface area (Å²) in [5.74, 6) is -0.508. The quantitative estimate of drug-likeness (QED) is 0.661.